The average molecular weight is 226 g/mol. The second kappa shape index (κ2) is 3.62. The van der Waals surface area contributed by atoms with E-state index in [2.05, 4.69) is 5.32 Å². The normalized spacial score (nSPS) is 32.1. The number of fused-ring (bicyclic) bond motifs is 1. The first-order valence-corrected chi connectivity index (χ1v) is 5.97. The van der Waals surface area contributed by atoms with Gasteiger partial charge < -0.3 is 15.0 Å². The molecule has 0 radical (unpaired) electrons. The molecule has 2 aliphatic rings. The Morgan fingerprint density at radius 1 is 1.56 bits per heavy atom. The van der Waals surface area contributed by atoms with Crippen LogP contribution in [0.25, 0.3) is 0 Å². The van der Waals surface area contributed by atoms with Crippen molar-refractivity contribution in [3.63, 3.8) is 0 Å². The molecule has 0 aromatic rings. The standard InChI is InChI=1S/C12H22N2O2/c1-11(2,3)16-10(15)14(4)8-12-5-9(12)6-13-7-12/h9,13H,5-8H2,1-4H3. The van der Waals surface area contributed by atoms with Crippen LogP contribution < -0.4 is 5.32 Å². The van der Waals surface area contributed by atoms with Gasteiger partial charge in [-0.05, 0) is 39.7 Å². The first-order valence-electron chi connectivity index (χ1n) is 5.97. The summed E-state index contributed by atoms with van der Waals surface area (Å²) in [7, 11) is 1.83. The minimum Gasteiger partial charge on any atom is -0.444 e. The van der Waals surface area contributed by atoms with Crippen LogP contribution in [0.5, 0.6) is 0 Å². The van der Waals surface area contributed by atoms with Gasteiger partial charge in [0.2, 0.25) is 0 Å². The van der Waals surface area contributed by atoms with Crippen molar-refractivity contribution >= 4 is 6.09 Å². The number of carbonyl (C=O) groups is 1. The van der Waals surface area contributed by atoms with Crippen LogP contribution in [0.15, 0.2) is 0 Å². The zero-order valence-electron chi connectivity index (χ0n) is 10.7. The first kappa shape index (κ1) is 11.7. The van der Waals surface area contributed by atoms with Gasteiger partial charge in [0.25, 0.3) is 0 Å². The minimum atomic E-state index is -0.403. The van der Waals surface area contributed by atoms with E-state index in [1.54, 1.807) is 4.90 Å². The maximum absolute atomic E-state index is 11.8. The third-order valence-corrected chi connectivity index (χ3v) is 3.48. The van der Waals surface area contributed by atoms with Gasteiger partial charge in [-0.15, -0.1) is 0 Å². The fourth-order valence-electron chi connectivity index (χ4n) is 2.56. The van der Waals surface area contributed by atoms with Crippen LogP contribution in [0.2, 0.25) is 0 Å². The lowest BCUT2D eigenvalue weighted by Gasteiger charge is -2.27. The van der Waals surface area contributed by atoms with Crippen LogP contribution in [0.4, 0.5) is 4.79 Å². The molecule has 0 spiro atoms. The maximum atomic E-state index is 11.8. The number of nitrogens with zero attached hydrogens (tertiary/aromatic N) is 1. The van der Waals surface area contributed by atoms with Crippen molar-refractivity contribution in [1.29, 1.82) is 0 Å². The largest absolute Gasteiger partial charge is 0.444 e. The van der Waals surface area contributed by atoms with Gasteiger partial charge in [0.05, 0.1) is 0 Å². The van der Waals surface area contributed by atoms with Gasteiger partial charge in [-0.1, -0.05) is 0 Å². The lowest BCUT2D eigenvalue weighted by molar-refractivity contribution is 0.0265. The quantitative estimate of drug-likeness (QED) is 0.775. The van der Waals surface area contributed by atoms with Crippen molar-refractivity contribution in [2.75, 3.05) is 26.7 Å². The Morgan fingerprint density at radius 3 is 2.69 bits per heavy atom. The molecule has 0 aromatic heterocycles. The van der Waals surface area contributed by atoms with Gasteiger partial charge in [0, 0.05) is 25.6 Å². The minimum absolute atomic E-state index is 0.209. The molecule has 4 nitrogen and oxygen atoms in total. The van der Waals surface area contributed by atoms with Crippen LogP contribution in [-0.4, -0.2) is 43.3 Å². The van der Waals surface area contributed by atoms with E-state index in [-0.39, 0.29) is 6.09 Å². The van der Waals surface area contributed by atoms with Crippen molar-refractivity contribution < 1.29 is 9.53 Å². The van der Waals surface area contributed by atoms with E-state index in [9.17, 15) is 4.79 Å². The Labute approximate surface area is 97.3 Å². The van der Waals surface area contributed by atoms with E-state index >= 15 is 0 Å². The summed E-state index contributed by atoms with van der Waals surface area (Å²) in [6.07, 6.45) is 1.05. The van der Waals surface area contributed by atoms with Crippen LogP contribution in [0.1, 0.15) is 27.2 Å². The number of hydrogen-bond acceptors (Lipinski definition) is 3. The highest BCUT2D eigenvalue weighted by atomic mass is 16.6. The van der Waals surface area contributed by atoms with Crippen LogP contribution >= 0.6 is 0 Å². The zero-order valence-corrected chi connectivity index (χ0v) is 10.7. The lowest BCUT2D eigenvalue weighted by atomic mass is 10.1. The molecule has 0 bridgehead atoms. The number of amides is 1. The molecule has 4 heteroatoms. The molecule has 0 aromatic carbocycles. The smallest absolute Gasteiger partial charge is 0.410 e. The van der Waals surface area contributed by atoms with E-state index in [0.29, 0.717) is 5.41 Å². The summed E-state index contributed by atoms with van der Waals surface area (Å²) in [5.74, 6) is 0.775. The molecular weight excluding hydrogens is 204 g/mol. The van der Waals surface area contributed by atoms with Gasteiger partial charge in [0.15, 0.2) is 0 Å². The van der Waals surface area contributed by atoms with Crippen molar-refractivity contribution in [2.45, 2.75) is 32.8 Å². The molecule has 1 aliphatic carbocycles. The summed E-state index contributed by atoms with van der Waals surface area (Å²) in [5, 5.41) is 3.38. The first-order chi connectivity index (χ1) is 7.32. The van der Waals surface area contributed by atoms with Crippen molar-refractivity contribution in [3.05, 3.63) is 0 Å². The van der Waals surface area contributed by atoms with E-state index in [1.165, 1.54) is 6.42 Å². The second-order valence-corrected chi connectivity index (χ2v) is 6.23. The lowest BCUT2D eigenvalue weighted by Crippen LogP contribution is -2.38. The Kier molecular flexibility index (Phi) is 2.65. The van der Waals surface area contributed by atoms with Crippen molar-refractivity contribution in [1.82, 2.24) is 10.2 Å². The highest BCUT2D eigenvalue weighted by molar-refractivity contribution is 5.67. The molecule has 1 saturated carbocycles. The summed E-state index contributed by atoms with van der Waals surface area (Å²) in [4.78, 5) is 13.5. The summed E-state index contributed by atoms with van der Waals surface area (Å²) in [6, 6.07) is 0. The molecule has 2 atom stereocenters. The van der Waals surface area contributed by atoms with Crippen molar-refractivity contribution in [2.24, 2.45) is 11.3 Å². The van der Waals surface area contributed by atoms with E-state index in [1.807, 2.05) is 27.8 Å². The van der Waals surface area contributed by atoms with Crippen molar-refractivity contribution in [3.8, 4) is 0 Å². The number of ether oxygens (including phenoxy) is 1. The number of piperidine rings is 1. The fraction of sp³-hybridized carbons (Fsp3) is 0.917. The van der Waals surface area contributed by atoms with Gasteiger partial charge in [-0.3, -0.25) is 0 Å². The van der Waals surface area contributed by atoms with Gasteiger partial charge in [-0.25, -0.2) is 4.79 Å². The molecular formula is C12H22N2O2. The summed E-state index contributed by atoms with van der Waals surface area (Å²) >= 11 is 0. The molecule has 16 heavy (non-hydrogen) atoms. The SMILES string of the molecule is CN(CC12CNCC1C2)C(=O)OC(C)(C)C. The number of rotatable bonds is 2. The molecule has 1 aliphatic heterocycles. The molecule has 2 fully saturated rings. The Morgan fingerprint density at radius 2 is 2.25 bits per heavy atom. The van der Waals surface area contributed by atoms with E-state index < -0.39 is 5.60 Å². The van der Waals surface area contributed by atoms with E-state index in [4.69, 9.17) is 4.74 Å². The van der Waals surface area contributed by atoms with Crippen LogP contribution in [0.3, 0.4) is 0 Å². The van der Waals surface area contributed by atoms with E-state index in [0.717, 1.165) is 25.6 Å². The average Bonchev–Trinajstić information content (AvgIpc) is 2.65. The molecule has 1 amide bonds. The maximum Gasteiger partial charge on any atom is 0.410 e. The predicted molar refractivity (Wildman–Crippen MR) is 62.3 cm³/mol. The molecule has 1 heterocycles. The Balaban J connectivity index is 1.84. The monoisotopic (exact) mass is 226 g/mol. The summed E-state index contributed by atoms with van der Waals surface area (Å²) in [6.45, 7) is 8.67. The number of carbonyl (C=O) groups excluding carboxylic acids is 1. The number of hydrogen-bond donors (Lipinski definition) is 1. The molecule has 2 rings (SSSR count). The third kappa shape index (κ3) is 2.32. The highest BCUT2D eigenvalue weighted by Crippen LogP contribution is 2.55. The Bertz CT molecular complexity index is 298. The van der Waals surface area contributed by atoms with Gasteiger partial charge in [0.1, 0.15) is 5.60 Å². The van der Waals surface area contributed by atoms with Crippen LogP contribution in [-0.2, 0) is 4.74 Å². The van der Waals surface area contributed by atoms with Gasteiger partial charge >= 0.3 is 6.09 Å². The molecule has 1 saturated heterocycles. The zero-order chi connectivity index (χ0) is 12.0. The molecule has 2 unspecified atom stereocenters. The molecule has 1 N–H and O–H groups in total. The van der Waals surface area contributed by atoms with Crippen LogP contribution in [0, 0.1) is 11.3 Å². The number of nitrogens with one attached hydrogen (secondary N) is 1. The summed E-state index contributed by atoms with van der Waals surface area (Å²) < 4.78 is 5.34. The Hall–Kier alpha value is -0.770. The third-order valence-electron chi connectivity index (χ3n) is 3.48. The predicted octanol–water partition coefficient (Wildman–Crippen LogP) is 1.46. The fourth-order valence-corrected chi connectivity index (χ4v) is 2.56. The second-order valence-electron chi connectivity index (χ2n) is 6.23. The molecule has 92 valence electrons. The summed E-state index contributed by atoms with van der Waals surface area (Å²) in [5.41, 5.74) is -0.0501. The highest BCUT2D eigenvalue weighted by Gasteiger charge is 2.57. The topological polar surface area (TPSA) is 41.6 Å². The van der Waals surface area contributed by atoms with Gasteiger partial charge in [-0.2, -0.15) is 0 Å².